The standard InChI is InChI=1S/C9H22N2O/c1-8(2)5-11(4)7-9(3,12)6-10/h8,12H,5-7,10H2,1-4H3. The first-order valence-corrected chi connectivity index (χ1v) is 4.48. The van der Waals surface area contributed by atoms with Crippen LogP contribution in [0.4, 0.5) is 0 Å². The van der Waals surface area contributed by atoms with Crippen molar-refractivity contribution in [2.75, 3.05) is 26.7 Å². The van der Waals surface area contributed by atoms with E-state index in [9.17, 15) is 5.11 Å². The van der Waals surface area contributed by atoms with Crippen molar-refractivity contribution < 1.29 is 5.11 Å². The highest BCUT2D eigenvalue weighted by atomic mass is 16.3. The Balaban J connectivity index is 3.75. The van der Waals surface area contributed by atoms with Crippen LogP contribution in [0.25, 0.3) is 0 Å². The summed E-state index contributed by atoms with van der Waals surface area (Å²) in [5, 5.41) is 9.64. The third kappa shape index (κ3) is 5.52. The van der Waals surface area contributed by atoms with Gasteiger partial charge in [0.05, 0.1) is 5.60 Å². The van der Waals surface area contributed by atoms with Gasteiger partial charge in [-0.05, 0) is 19.9 Å². The maximum absolute atomic E-state index is 9.64. The molecule has 1 atom stereocenters. The van der Waals surface area contributed by atoms with Gasteiger partial charge < -0.3 is 15.7 Å². The second-order valence-electron chi connectivity index (χ2n) is 4.29. The molecule has 12 heavy (non-hydrogen) atoms. The van der Waals surface area contributed by atoms with Crippen molar-refractivity contribution in [3.63, 3.8) is 0 Å². The maximum Gasteiger partial charge on any atom is 0.0867 e. The summed E-state index contributed by atoms with van der Waals surface area (Å²) >= 11 is 0. The molecule has 0 aromatic carbocycles. The largest absolute Gasteiger partial charge is 0.388 e. The zero-order valence-corrected chi connectivity index (χ0v) is 8.67. The predicted molar refractivity (Wildman–Crippen MR) is 52.0 cm³/mol. The van der Waals surface area contributed by atoms with Crippen molar-refractivity contribution in [3.8, 4) is 0 Å². The van der Waals surface area contributed by atoms with E-state index in [0.717, 1.165) is 6.54 Å². The van der Waals surface area contributed by atoms with Crippen molar-refractivity contribution in [1.82, 2.24) is 4.90 Å². The molecule has 3 N–H and O–H groups in total. The minimum Gasteiger partial charge on any atom is -0.388 e. The average molecular weight is 174 g/mol. The van der Waals surface area contributed by atoms with Crippen LogP contribution in [0.3, 0.4) is 0 Å². The van der Waals surface area contributed by atoms with Crippen molar-refractivity contribution in [2.24, 2.45) is 11.7 Å². The summed E-state index contributed by atoms with van der Waals surface area (Å²) < 4.78 is 0. The van der Waals surface area contributed by atoms with E-state index in [4.69, 9.17) is 5.73 Å². The average Bonchev–Trinajstić information content (AvgIpc) is 1.84. The zero-order valence-electron chi connectivity index (χ0n) is 8.67. The Kier molecular flexibility index (Phi) is 4.75. The second kappa shape index (κ2) is 4.80. The normalized spacial score (nSPS) is 17.0. The topological polar surface area (TPSA) is 49.5 Å². The van der Waals surface area contributed by atoms with Crippen molar-refractivity contribution in [3.05, 3.63) is 0 Å². The van der Waals surface area contributed by atoms with Gasteiger partial charge >= 0.3 is 0 Å². The van der Waals surface area contributed by atoms with Crippen LogP contribution in [-0.4, -0.2) is 42.3 Å². The molecule has 3 nitrogen and oxygen atoms in total. The van der Waals surface area contributed by atoms with Gasteiger partial charge in [0, 0.05) is 19.6 Å². The van der Waals surface area contributed by atoms with Gasteiger partial charge in [0.2, 0.25) is 0 Å². The maximum atomic E-state index is 9.64. The number of nitrogens with two attached hydrogens (primary N) is 1. The van der Waals surface area contributed by atoms with E-state index < -0.39 is 5.60 Å². The highest BCUT2D eigenvalue weighted by molar-refractivity contribution is 4.77. The number of nitrogens with zero attached hydrogens (tertiary/aromatic N) is 1. The predicted octanol–water partition coefficient (Wildman–Crippen LogP) is 0.284. The number of hydrogen-bond acceptors (Lipinski definition) is 3. The summed E-state index contributed by atoms with van der Waals surface area (Å²) in [5.74, 6) is 0.628. The summed E-state index contributed by atoms with van der Waals surface area (Å²) in [6, 6.07) is 0. The smallest absolute Gasteiger partial charge is 0.0867 e. The molecule has 1 unspecified atom stereocenters. The van der Waals surface area contributed by atoms with E-state index in [1.54, 1.807) is 6.92 Å². The van der Waals surface area contributed by atoms with Gasteiger partial charge in [0.15, 0.2) is 0 Å². The molecule has 0 bridgehead atoms. The fourth-order valence-electron chi connectivity index (χ4n) is 1.33. The first kappa shape index (κ1) is 11.9. The number of aliphatic hydroxyl groups is 1. The highest BCUT2D eigenvalue weighted by Crippen LogP contribution is 2.04. The summed E-state index contributed by atoms with van der Waals surface area (Å²) in [4.78, 5) is 2.11. The van der Waals surface area contributed by atoms with E-state index in [2.05, 4.69) is 18.7 Å². The van der Waals surface area contributed by atoms with Crippen LogP contribution in [0.1, 0.15) is 20.8 Å². The fraction of sp³-hybridized carbons (Fsp3) is 1.00. The van der Waals surface area contributed by atoms with Gasteiger partial charge in [0.1, 0.15) is 0 Å². The Morgan fingerprint density at radius 3 is 2.33 bits per heavy atom. The first-order chi connectivity index (χ1) is 5.37. The van der Waals surface area contributed by atoms with Crippen LogP contribution in [0, 0.1) is 5.92 Å². The molecule has 0 saturated carbocycles. The molecular formula is C9H22N2O. The molecular weight excluding hydrogens is 152 g/mol. The van der Waals surface area contributed by atoms with Crippen molar-refractivity contribution in [2.45, 2.75) is 26.4 Å². The van der Waals surface area contributed by atoms with Crippen molar-refractivity contribution >= 4 is 0 Å². The van der Waals surface area contributed by atoms with Gasteiger partial charge in [-0.3, -0.25) is 0 Å². The van der Waals surface area contributed by atoms with E-state index >= 15 is 0 Å². The Morgan fingerprint density at radius 2 is 2.00 bits per heavy atom. The molecule has 0 aliphatic rings. The molecule has 0 heterocycles. The molecule has 0 spiro atoms. The molecule has 0 radical (unpaired) electrons. The molecule has 0 aliphatic heterocycles. The molecule has 74 valence electrons. The lowest BCUT2D eigenvalue weighted by molar-refractivity contribution is 0.0324. The number of hydrogen-bond donors (Lipinski definition) is 2. The van der Waals surface area contributed by atoms with Gasteiger partial charge in [-0.25, -0.2) is 0 Å². The van der Waals surface area contributed by atoms with E-state index in [-0.39, 0.29) is 0 Å². The van der Waals surface area contributed by atoms with Gasteiger partial charge in [0.25, 0.3) is 0 Å². The van der Waals surface area contributed by atoms with Gasteiger partial charge in [-0.15, -0.1) is 0 Å². The van der Waals surface area contributed by atoms with E-state index in [0.29, 0.717) is 19.0 Å². The molecule has 0 aliphatic carbocycles. The lowest BCUT2D eigenvalue weighted by Gasteiger charge is -2.28. The minimum atomic E-state index is -0.746. The monoisotopic (exact) mass is 174 g/mol. The molecule has 0 aromatic rings. The molecule has 0 rings (SSSR count). The minimum absolute atomic E-state index is 0.315. The third-order valence-electron chi connectivity index (χ3n) is 1.73. The Hall–Kier alpha value is -0.120. The van der Waals surface area contributed by atoms with Crippen LogP contribution < -0.4 is 5.73 Å². The SMILES string of the molecule is CC(C)CN(C)CC(C)(O)CN. The molecule has 0 aromatic heterocycles. The van der Waals surface area contributed by atoms with E-state index in [1.807, 2.05) is 7.05 Å². The Bertz CT molecular complexity index is 124. The molecule has 0 amide bonds. The van der Waals surface area contributed by atoms with E-state index in [1.165, 1.54) is 0 Å². The Morgan fingerprint density at radius 1 is 1.50 bits per heavy atom. The summed E-state index contributed by atoms with van der Waals surface area (Å²) in [6.07, 6.45) is 0. The van der Waals surface area contributed by atoms with Gasteiger partial charge in [-0.1, -0.05) is 13.8 Å². The van der Waals surface area contributed by atoms with Crippen LogP contribution in [0.5, 0.6) is 0 Å². The van der Waals surface area contributed by atoms with Gasteiger partial charge in [-0.2, -0.15) is 0 Å². The number of rotatable bonds is 5. The summed E-state index contributed by atoms with van der Waals surface area (Å²) in [7, 11) is 2.00. The highest BCUT2D eigenvalue weighted by Gasteiger charge is 2.20. The first-order valence-electron chi connectivity index (χ1n) is 4.48. The fourth-order valence-corrected chi connectivity index (χ4v) is 1.33. The molecule has 3 heteroatoms. The van der Waals surface area contributed by atoms with Crippen LogP contribution in [0.15, 0.2) is 0 Å². The zero-order chi connectivity index (χ0) is 9.78. The van der Waals surface area contributed by atoms with Crippen LogP contribution >= 0.6 is 0 Å². The number of likely N-dealkylation sites (N-methyl/N-ethyl adjacent to an activating group) is 1. The van der Waals surface area contributed by atoms with Crippen molar-refractivity contribution in [1.29, 1.82) is 0 Å². The molecule has 0 saturated heterocycles. The second-order valence-corrected chi connectivity index (χ2v) is 4.29. The molecule has 0 fully saturated rings. The summed E-state index contributed by atoms with van der Waals surface area (Å²) in [6.45, 7) is 8.04. The van der Waals surface area contributed by atoms with Crippen LogP contribution in [0.2, 0.25) is 0 Å². The Labute approximate surface area is 75.6 Å². The lowest BCUT2D eigenvalue weighted by atomic mass is 10.1. The lowest BCUT2D eigenvalue weighted by Crippen LogP contribution is -2.45. The third-order valence-corrected chi connectivity index (χ3v) is 1.73. The van der Waals surface area contributed by atoms with Crippen LogP contribution in [-0.2, 0) is 0 Å². The summed E-state index contributed by atoms with van der Waals surface area (Å²) in [5.41, 5.74) is 4.66. The quantitative estimate of drug-likeness (QED) is 0.629.